The van der Waals surface area contributed by atoms with E-state index in [9.17, 15) is 9.90 Å². The number of rotatable bonds is 6. The molecular weight excluding hydrogens is 232 g/mol. The Bertz CT molecular complexity index is 407. The fourth-order valence-corrected chi connectivity index (χ4v) is 1.71. The molecule has 1 unspecified atom stereocenters. The zero-order valence-corrected chi connectivity index (χ0v) is 11.0. The van der Waals surface area contributed by atoms with Gasteiger partial charge in [0.05, 0.1) is 13.2 Å². The SMILES string of the molecule is CNCCC(O)c1cc(NC(C)=O)ccc1OC. The zero-order chi connectivity index (χ0) is 13.5. The average Bonchev–Trinajstić information content (AvgIpc) is 2.35. The Morgan fingerprint density at radius 2 is 2.22 bits per heavy atom. The summed E-state index contributed by atoms with van der Waals surface area (Å²) in [6.07, 6.45) is -0.0442. The number of aliphatic hydroxyl groups is 1. The number of aliphatic hydroxyl groups excluding tert-OH is 1. The van der Waals surface area contributed by atoms with E-state index in [-0.39, 0.29) is 5.91 Å². The van der Waals surface area contributed by atoms with E-state index in [0.717, 1.165) is 0 Å². The first-order valence-electron chi connectivity index (χ1n) is 5.86. The minimum absolute atomic E-state index is 0.143. The highest BCUT2D eigenvalue weighted by Crippen LogP contribution is 2.29. The lowest BCUT2D eigenvalue weighted by Crippen LogP contribution is -2.13. The third-order valence-corrected chi connectivity index (χ3v) is 2.58. The quantitative estimate of drug-likeness (QED) is 0.713. The number of carbonyl (C=O) groups excluding carboxylic acids is 1. The van der Waals surface area contributed by atoms with Gasteiger partial charge in [-0.25, -0.2) is 0 Å². The van der Waals surface area contributed by atoms with E-state index in [4.69, 9.17) is 4.74 Å². The Hall–Kier alpha value is -1.59. The molecule has 1 amide bonds. The van der Waals surface area contributed by atoms with Crippen LogP contribution in [0.3, 0.4) is 0 Å². The second-order valence-electron chi connectivity index (χ2n) is 4.05. The van der Waals surface area contributed by atoms with Crippen molar-refractivity contribution < 1.29 is 14.6 Å². The van der Waals surface area contributed by atoms with E-state index < -0.39 is 6.10 Å². The summed E-state index contributed by atoms with van der Waals surface area (Å²) in [6, 6.07) is 5.22. The van der Waals surface area contributed by atoms with Gasteiger partial charge in [0.1, 0.15) is 5.75 Å². The third kappa shape index (κ3) is 4.01. The Morgan fingerprint density at radius 3 is 2.78 bits per heavy atom. The van der Waals surface area contributed by atoms with Crippen molar-refractivity contribution in [1.29, 1.82) is 0 Å². The monoisotopic (exact) mass is 252 g/mol. The van der Waals surface area contributed by atoms with Gasteiger partial charge in [0, 0.05) is 18.2 Å². The van der Waals surface area contributed by atoms with Crippen LogP contribution in [0.5, 0.6) is 5.75 Å². The molecule has 1 rings (SSSR count). The van der Waals surface area contributed by atoms with Crippen molar-refractivity contribution in [2.24, 2.45) is 0 Å². The van der Waals surface area contributed by atoms with E-state index in [0.29, 0.717) is 30.0 Å². The summed E-state index contributed by atoms with van der Waals surface area (Å²) in [5.41, 5.74) is 1.33. The van der Waals surface area contributed by atoms with E-state index in [1.54, 1.807) is 25.3 Å². The lowest BCUT2D eigenvalue weighted by Gasteiger charge is -2.16. The van der Waals surface area contributed by atoms with Gasteiger partial charge in [-0.2, -0.15) is 0 Å². The normalized spacial score (nSPS) is 12.0. The van der Waals surface area contributed by atoms with Gasteiger partial charge in [0.2, 0.25) is 5.91 Å². The molecule has 0 radical (unpaired) electrons. The van der Waals surface area contributed by atoms with Gasteiger partial charge < -0.3 is 20.5 Å². The number of benzene rings is 1. The van der Waals surface area contributed by atoms with Crippen molar-refractivity contribution in [1.82, 2.24) is 5.32 Å². The van der Waals surface area contributed by atoms with Crippen molar-refractivity contribution in [3.05, 3.63) is 23.8 Å². The molecule has 0 aliphatic carbocycles. The summed E-state index contributed by atoms with van der Waals surface area (Å²) < 4.78 is 5.21. The molecule has 1 atom stereocenters. The van der Waals surface area contributed by atoms with Gasteiger partial charge in [-0.05, 0) is 38.2 Å². The second kappa shape index (κ2) is 6.98. The van der Waals surface area contributed by atoms with Crippen LogP contribution in [0.15, 0.2) is 18.2 Å². The van der Waals surface area contributed by atoms with Crippen LogP contribution in [-0.2, 0) is 4.79 Å². The molecule has 0 saturated heterocycles. The highest BCUT2D eigenvalue weighted by molar-refractivity contribution is 5.88. The molecule has 0 heterocycles. The van der Waals surface area contributed by atoms with E-state index >= 15 is 0 Å². The minimum Gasteiger partial charge on any atom is -0.496 e. The standard InChI is InChI=1S/C13H20N2O3/c1-9(16)15-10-4-5-13(18-3)11(8-10)12(17)6-7-14-2/h4-5,8,12,14,17H,6-7H2,1-3H3,(H,15,16). The molecule has 0 saturated carbocycles. The summed E-state index contributed by atoms with van der Waals surface area (Å²) in [7, 11) is 3.39. The first kappa shape index (κ1) is 14.5. The van der Waals surface area contributed by atoms with Crippen molar-refractivity contribution >= 4 is 11.6 Å². The number of hydrogen-bond donors (Lipinski definition) is 3. The highest BCUT2D eigenvalue weighted by atomic mass is 16.5. The number of nitrogens with one attached hydrogen (secondary N) is 2. The van der Waals surface area contributed by atoms with E-state index in [1.165, 1.54) is 6.92 Å². The summed E-state index contributed by atoms with van der Waals surface area (Å²) in [5, 5.41) is 15.8. The molecule has 0 aliphatic rings. The molecular formula is C13H20N2O3. The van der Waals surface area contributed by atoms with Crippen LogP contribution in [0.4, 0.5) is 5.69 Å². The van der Waals surface area contributed by atoms with Gasteiger partial charge in [-0.15, -0.1) is 0 Å². The maximum atomic E-state index is 11.0. The van der Waals surface area contributed by atoms with Gasteiger partial charge in [0.25, 0.3) is 0 Å². The van der Waals surface area contributed by atoms with Crippen LogP contribution in [0.25, 0.3) is 0 Å². The predicted molar refractivity (Wildman–Crippen MR) is 70.8 cm³/mol. The molecule has 0 aromatic heterocycles. The molecule has 0 fully saturated rings. The summed E-state index contributed by atoms with van der Waals surface area (Å²) >= 11 is 0. The molecule has 5 heteroatoms. The Balaban J connectivity index is 2.93. The van der Waals surface area contributed by atoms with E-state index in [2.05, 4.69) is 10.6 Å². The lowest BCUT2D eigenvalue weighted by atomic mass is 10.0. The number of hydrogen-bond acceptors (Lipinski definition) is 4. The Labute approximate surface area is 107 Å². The fourth-order valence-electron chi connectivity index (χ4n) is 1.71. The minimum atomic E-state index is -0.624. The van der Waals surface area contributed by atoms with Gasteiger partial charge in [-0.3, -0.25) is 4.79 Å². The molecule has 0 aliphatic heterocycles. The summed E-state index contributed by atoms with van der Waals surface area (Å²) in [4.78, 5) is 11.0. The van der Waals surface area contributed by atoms with Crippen LogP contribution in [-0.4, -0.2) is 31.7 Å². The number of methoxy groups -OCH3 is 1. The van der Waals surface area contributed by atoms with Gasteiger partial charge >= 0.3 is 0 Å². The molecule has 0 spiro atoms. The summed E-state index contributed by atoms with van der Waals surface area (Å²) in [6.45, 7) is 2.15. The molecule has 100 valence electrons. The lowest BCUT2D eigenvalue weighted by molar-refractivity contribution is -0.114. The van der Waals surface area contributed by atoms with E-state index in [1.807, 2.05) is 7.05 Å². The predicted octanol–water partition coefficient (Wildman–Crippen LogP) is 1.30. The molecule has 5 nitrogen and oxygen atoms in total. The third-order valence-electron chi connectivity index (χ3n) is 2.58. The van der Waals surface area contributed by atoms with Crippen LogP contribution < -0.4 is 15.4 Å². The first-order valence-corrected chi connectivity index (χ1v) is 5.86. The average molecular weight is 252 g/mol. The number of anilines is 1. The Kier molecular flexibility index (Phi) is 5.61. The van der Waals surface area contributed by atoms with Gasteiger partial charge in [-0.1, -0.05) is 0 Å². The number of amides is 1. The first-order chi connectivity index (χ1) is 8.58. The van der Waals surface area contributed by atoms with Crippen LogP contribution >= 0.6 is 0 Å². The molecule has 1 aromatic carbocycles. The number of ether oxygens (including phenoxy) is 1. The second-order valence-corrected chi connectivity index (χ2v) is 4.05. The van der Waals surface area contributed by atoms with Crippen LogP contribution in [0.2, 0.25) is 0 Å². The fraction of sp³-hybridized carbons (Fsp3) is 0.462. The zero-order valence-electron chi connectivity index (χ0n) is 11.0. The molecule has 0 bridgehead atoms. The maximum absolute atomic E-state index is 11.0. The van der Waals surface area contributed by atoms with Crippen LogP contribution in [0.1, 0.15) is 25.0 Å². The van der Waals surface area contributed by atoms with Gasteiger partial charge in [0.15, 0.2) is 0 Å². The maximum Gasteiger partial charge on any atom is 0.221 e. The highest BCUT2D eigenvalue weighted by Gasteiger charge is 2.14. The van der Waals surface area contributed by atoms with Crippen molar-refractivity contribution in [3.63, 3.8) is 0 Å². The molecule has 18 heavy (non-hydrogen) atoms. The van der Waals surface area contributed by atoms with Crippen molar-refractivity contribution in [2.75, 3.05) is 26.0 Å². The molecule has 3 N–H and O–H groups in total. The van der Waals surface area contributed by atoms with Crippen molar-refractivity contribution in [2.45, 2.75) is 19.4 Å². The van der Waals surface area contributed by atoms with Crippen LogP contribution in [0, 0.1) is 0 Å². The topological polar surface area (TPSA) is 70.6 Å². The van der Waals surface area contributed by atoms with Crippen molar-refractivity contribution in [3.8, 4) is 5.75 Å². The largest absolute Gasteiger partial charge is 0.496 e. The Morgan fingerprint density at radius 1 is 1.50 bits per heavy atom. The molecule has 1 aromatic rings. The number of carbonyl (C=O) groups is 1. The smallest absolute Gasteiger partial charge is 0.221 e. The summed E-state index contributed by atoms with van der Waals surface area (Å²) in [5.74, 6) is 0.475.